The molecule has 0 saturated carbocycles. The fourth-order valence-electron chi connectivity index (χ4n) is 3.36. The molecule has 0 amide bonds. The number of nitrogens with zero attached hydrogens (tertiary/aromatic N) is 1. The highest BCUT2D eigenvalue weighted by molar-refractivity contribution is 7.80. The van der Waals surface area contributed by atoms with E-state index in [9.17, 15) is 5.26 Å². The van der Waals surface area contributed by atoms with Crippen molar-refractivity contribution in [2.45, 2.75) is 40.3 Å². The predicted octanol–water partition coefficient (Wildman–Crippen LogP) is 5.66. The smallest absolute Gasteiger partial charge is 0.171 e. The van der Waals surface area contributed by atoms with Gasteiger partial charge in [0.2, 0.25) is 0 Å². The number of hydrogen-bond acceptors (Lipinski definition) is 4. The molecule has 1 heterocycles. The summed E-state index contributed by atoms with van der Waals surface area (Å²) < 4.78 is 11.8. The van der Waals surface area contributed by atoms with Crippen molar-refractivity contribution in [3.05, 3.63) is 69.9 Å². The van der Waals surface area contributed by atoms with Gasteiger partial charge in [-0.05, 0) is 54.5 Å². The SMILES string of the molecule is CCOc1cc([C@H]2NC(=S)NC(C(C)(C)C)=C2C#N)ccc1OCc1ccc(Cl)cc1. The Labute approximate surface area is 194 Å². The van der Waals surface area contributed by atoms with Crippen LogP contribution in [0.25, 0.3) is 0 Å². The molecule has 1 aliphatic heterocycles. The average Bonchev–Trinajstić information content (AvgIpc) is 2.73. The first-order valence-electron chi connectivity index (χ1n) is 10.1. The van der Waals surface area contributed by atoms with Gasteiger partial charge in [-0.2, -0.15) is 5.26 Å². The second kappa shape index (κ2) is 9.59. The van der Waals surface area contributed by atoms with Crippen LogP contribution in [0.5, 0.6) is 11.5 Å². The van der Waals surface area contributed by atoms with Crippen molar-refractivity contribution in [3.63, 3.8) is 0 Å². The van der Waals surface area contributed by atoms with Gasteiger partial charge in [-0.15, -0.1) is 0 Å². The van der Waals surface area contributed by atoms with Gasteiger partial charge in [-0.25, -0.2) is 0 Å². The second-order valence-corrected chi connectivity index (χ2v) is 9.08. The van der Waals surface area contributed by atoms with Crippen LogP contribution in [-0.4, -0.2) is 11.7 Å². The second-order valence-electron chi connectivity index (χ2n) is 8.24. The standard InChI is InChI=1S/C24H26ClN3O2S/c1-5-29-20-12-16(8-11-19(20)30-14-15-6-9-17(25)10-7-15)21-18(13-26)22(24(2,3)4)28-23(31)27-21/h6-12,21H,5,14H2,1-4H3,(H2,27,28,31)/t21-/m1/s1. The van der Waals surface area contributed by atoms with Crippen molar-refractivity contribution in [2.24, 2.45) is 5.41 Å². The minimum absolute atomic E-state index is 0.250. The van der Waals surface area contributed by atoms with Crippen molar-refractivity contribution in [2.75, 3.05) is 6.61 Å². The van der Waals surface area contributed by atoms with Crippen molar-refractivity contribution in [3.8, 4) is 17.6 Å². The molecule has 0 radical (unpaired) electrons. The number of nitrogens with one attached hydrogen (secondary N) is 2. The van der Waals surface area contributed by atoms with Crippen molar-refractivity contribution < 1.29 is 9.47 Å². The largest absolute Gasteiger partial charge is 0.490 e. The van der Waals surface area contributed by atoms with E-state index in [1.165, 1.54) is 0 Å². The van der Waals surface area contributed by atoms with E-state index in [2.05, 4.69) is 37.5 Å². The molecule has 0 unspecified atom stereocenters. The molecule has 2 N–H and O–H groups in total. The van der Waals surface area contributed by atoms with Gasteiger partial charge in [-0.3, -0.25) is 0 Å². The normalized spacial score (nSPS) is 16.3. The van der Waals surface area contributed by atoms with E-state index < -0.39 is 0 Å². The average molecular weight is 456 g/mol. The molecule has 2 aromatic rings. The van der Waals surface area contributed by atoms with Crippen molar-refractivity contribution >= 4 is 28.9 Å². The molecule has 1 aliphatic rings. The Morgan fingerprint density at radius 2 is 1.81 bits per heavy atom. The van der Waals surface area contributed by atoms with Gasteiger partial charge >= 0.3 is 0 Å². The van der Waals surface area contributed by atoms with Crippen molar-refractivity contribution in [1.82, 2.24) is 10.6 Å². The summed E-state index contributed by atoms with van der Waals surface area (Å²) in [5.41, 5.74) is 3.07. The van der Waals surface area contributed by atoms with Crippen LogP contribution in [-0.2, 0) is 6.61 Å². The highest BCUT2D eigenvalue weighted by Crippen LogP contribution is 2.38. The molecule has 0 saturated heterocycles. The summed E-state index contributed by atoms with van der Waals surface area (Å²) >= 11 is 11.4. The lowest BCUT2D eigenvalue weighted by Crippen LogP contribution is -2.46. The summed E-state index contributed by atoms with van der Waals surface area (Å²) in [5, 5.41) is 17.5. The van der Waals surface area contributed by atoms with E-state index >= 15 is 0 Å². The third kappa shape index (κ3) is 5.49. The molecule has 0 fully saturated rings. The molecular formula is C24H26ClN3O2S. The maximum absolute atomic E-state index is 9.90. The van der Waals surface area contributed by atoms with Gasteiger partial charge < -0.3 is 20.1 Å². The minimum atomic E-state index is -0.363. The van der Waals surface area contributed by atoms with Crippen LogP contribution in [0.1, 0.15) is 44.9 Å². The van der Waals surface area contributed by atoms with Crippen LogP contribution < -0.4 is 20.1 Å². The Hall–Kier alpha value is -2.75. The van der Waals surface area contributed by atoms with Gasteiger partial charge in [0.1, 0.15) is 6.61 Å². The molecule has 3 rings (SSSR count). The molecule has 0 aromatic heterocycles. The minimum Gasteiger partial charge on any atom is -0.490 e. The molecule has 7 heteroatoms. The number of benzene rings is 2. The Kier molecular flexibility index (Phi) is 7.09. The lowest BCUT2D eigenvalue weighted by molar-refractivity contribution is 0.269. The number of ether oxygens (including phenoxy) is 2. The first-order valence-corrected chi connectivity index (χ1v) is 10.9. The van der Waals surface area contributed by atoms with E-state index in [1.54, 1.807) is 0 Å². The van der Waals surface area contributed by atoms with Gasteiger partial charge in [0, 0.05) is 16.1 Å². The number of thiocarbonyl (C=S) groups is 1. The van der Waals surface area contributed by atoms with Gasteiger partial charge in [0.05, 0.1) is 24.3 Å². The third-order valence-corrected chi connectivity index (χ3v) is 5.32. The van der Waals surface area contributed by atoms with Crippen LogP contribution in [0.3, 0.4) is 0 Å². The Morgan fingerprint density at radius 1 is 1.10 bits per heavy atom. The molecule has 5 nitrogen and oxygen atoms in total. The molecule has 0 spiro atoms. The fourth-order valence-corrected chi connectivity index (χ4v) is 3.71. The maximum atomic E-state index is 9.90. The summed E-state index contributed by atoms with van der Waals surface area (Å²) in [5.74, 6) is 1.26. The number of allylic oxidation sites excluding steroid dienone is 1. The molecule has 0 aliphatic carbocycles. The highest BCUT2D eigenvalue weighted by atomic mass is 35.5. The third-order valence-electron chi connectivity index (χ3n) is 4.85. The molecule has 2 aromatic carbocycles. The number of halogens is 1. The van der Waals surface area contributed by atoms with Crippen LogP contribution in [0.15, 0.2) is 53.7 Å². The Balaban J connectivity index is 1.93. The molecule has 31 heavy (non-hydrogen) atoms. The van der Waals surface area contributed by atoms with Crippen LogP contribution in [0.2, 0.25) is 5.02 Å². The van der Waals surface area contributed by atoms with E-state index in [-0.39, 0.29) is 11.5 Å². The predicted molar refractivity (Wildman–Crippen MR) is 127 cm³/mol. The van der Waals surface area contributed by atoms with Crippen LogP contribution in [0.4, 0.5) is 0 Å². The zero-order chi connectivity index (χ0) is 22.6. The molecule has 1 atom stereocenters. The summed E-state index contributed by atoms with van der Waals surface area (Å²) in [6, 6.07) is 15.2. The van der Waals surface area contributed by atoms with Gasteiger partial charge in [0.15, 0.2) is 16.6 Å². The summed E-state index contributed by atoms with van der Waals surface area (Å²) in [6.45, 7) is 8.97. The fraction of sp³-hybridized carbons (Fsp3) is 0.333. The monoisotopic (exact) mass is 455 g/mol. The van der Waals surface area contributed by atoms with Crippen LogP contribution in [0, 0.1) is 16.7 Å². The summed E-state index contributed by atoms with van der Waals surface area (Å²) in [7, 11) is 0. The van der Waals surface area contributed by atoms with Gasteiger partial charge in [-0.1, -0.05) is 50.6 Å². The lowest BCUT2D eigenvalue weighted by atomic mass is 9.84. The van der Waals surface area contributed by atoms with E-state index in [0.29, 0.717) is 40.4 Å². The van der Waals surface area contributed by atoms with Gasteiger partial charge in [0.25, 0.3) is 0 Å². The summed E-state index contributed by atoms with van der Waals surface area (Å²) in [6.07, 6.45) is 0. The maximum Gasteiger partial charge on any atom is 0.171 e. The zero-order valence-corrected chi connectivity index (χ0v) is 19.7. The number of nitriles is 1. The summed E-state index contributed by atoms with van der Waals surface area (Å²) in [4.78, 5) is 0. The van der Waals surface area contributed by atoms with E-state index in [0.717, 1.165) is 16.8 Å². The first kappa shape index (κ1) is 22.9. The quantitative estimate of drug-likeness (QED) is 0.548. The zero-order valence-electron chi connectivity index (χ0n) is 18.1. The first-order chi connectivity index (χ1) is 14.7. The molecular weight excluding hydrogens is 430 g/mol. The van der Waals surface area contributed by atoms with E-state index in [1.807, 2.05) is 49.4 Å². The van der Waals surface area contributed by atoms with Crippen LogP contribution >= 0.6 is 23.8 Å². The Morgan fingerprint density at radius 3 is 2.42 bits per heavy atom. The number of rotatable bonds is 6. The number of hydrogen-bond donors (Lipinski definition) is 2. The molecule has 0 bridgehead atoms. The van der Waals surface area contributed by atoms with E-state index in [4.69, 9.17) is 33.3 Å². The topological polar surface area (TPSA) is 66.3 Å². The lowest BCUT2D eigenvalue weighted by Gasteiger charge is -2.35. The van der Waals surface area contributed by atoms with Crippen molar-refractivity contribution in [1.29, 1.82) is 5.26 Å². The molecule has 162 valence electrons. The highest BCUT2D eigenvalue weighted by Gasteiger charge is 2.32. The Bertz CT molecular complexity index is 1040.